The Kier molecular flexibility index (Phi) is 8.21. The third kappa shape index (κ3) is 8.08. The van der Waals surface area contributed by atoms with Crippen LogP contribution in [0.15, 0.2) is 66.7 Å². The van der Waals surface area contributed by atoms with Gasteiger partial charge in [-0.25, -0.2) is 14.2 Å². The molecule has 36 heavy (non-hydrogen) atoms. The molecule has 0 aliphatic heterocycles. The van der Waals surface area contributed by atoms with Crippen molar-refractivity contribution in [2.24, 2.45) is 5.73 Å². The Balaban J connectivity index is 1.69. The molecule has 1 aromatic heterocycles. The Morgan fingerprint density at radius 1 is 0.972 bits per heavy atom. The number of alkyl carbamates (subject to hydrolysis) is 1. The van der Waals surface area contributed by atoms with Crippen molar-refractivity contribution < 1.29 is 28.2 Å². The van der Waals surface area contributed by atoms with Gasteiger partial charge in [0.15, 0.2) is 0 Å². The summed E-state index contributed by atoms with van der Waals surface area (Å²) in [6.45, 7) is 5.02. The van der Waals surface area contributed by atoms with Crippen LogP contribution in [0.4, 0.5) is 15.0 Å². The number of carbonyl (C=O) groups is 3. The van der Waals surface area contributed by atoms with E-state index in [2.05, 4.69) is 15.6 Å². The molecule has 0 aliphatic carbocycles. The predicted octanol–water partition coefficient (Wildman–Crippen LogP) is 4.39. The summed E-state index contributed by atoms with van der Waals surface area (Å²) in [5.41, 5.74) is 5.77. The maximum atomic E-state index is 13.1. The zero-order valence-corrected chi connectivity index (χ0v) is 20.1. The van der Waals surface area contributed by atoms with Gasteiger partial charge in [-0.1, -0.05) is 6.07 Å². The van der Waals surface area contributed by atoms with Gasteiger partial charge < -0.3 is 25.8 Å². The second-order valence-electron chi connectivity index (χ2n) is 8.85. The summed E-state index contributed by atoms with van der Waals surface area (Å²) in [6.07, 6.45) is -1.27. The fraction of sp³-hybridized carbons (Fsp3) is 0.231. The van der Waals surface area contributed by atoms with Crippen molar-refractivity contribution in [1.29, 1.82) is 0 Å². The first-order valence-corrected chi connectivity index (χ1v) is 11.1. The van der Waals surface area contributed by atoms with Crippen LogP contribution in [0.25, 0.3) is 11.3 Å². The maximum Gasteiger partial charge on any atom is 0.408 e. The number of amides is 3. The second-order valence-corrected chi connectivity index (χ2v) is 8.85. The predicted molar refractivity (Wildman–Crippen MR) is 132 cm³/mol. The first-order valence-electron chi connectivity index (χ1n) is 11.1. The lowest BCUT2D eigenvalue weighted by Gasteiger charge is -2.22. The molecule has 188 valence electrons. The molecule has 0 bridgehead atoms. The van der Waals surface area contributed by atoms with Gasteiger partial charge in [-0.2, -0.15) is 0 Å². The first kappa shape index (κ1) is 26.1. The summed E-state index contributed by atoms with van der Waals surface area (Å²) in [6, 6.07) is 16.5. The quantitative estimate of drug-likeness (QED) is 0.426. The minimum absolute atomic E-state index is 0.213. The number of benzene rings is 2. The number of nitrogens with two attached hydrogens (primary N) is 1. The topological polar surface area (TPSA) is 133 Å². The summed E-state index contributed by atoms with van der Waals surface area (Å²) >= 11 is 0. The van der Waals surface area contributed by atoms with Crippen molar-refractivity contribution in [3.8, 4) is 22.8 Å². The second kappa shape index (κ2) is 11.3. The lowest BCUT2D eigenvalue weighted by molar-refractivity contribution is -0.124. The lowest BCUT2D eigenvalue weighted by atomic mass is 10.1. The summed E-state index contributed by atoms with van der Waals surface area (Å²) in [7, 11) is 0. The number of rotatable bonds is 8. The van der Waals surface area contributed by atoms with Crippen LogP contribution in [0.5, 0.6) is 11.5 Å². The number of carbonyl (C=O) groups excluding carboxylic acids is 3. The molecule has 2 aromatic carbocycles. The number of hydrogen-bond donors (Lipinski definition) is 3. The Labute approximate surface area is 207 Å². The van der Waals surface area contributed by atoms with Gasteiger partial charge >= 0.3 is 6.09 Å². The van der Waals surface area contributed by atoms with Gasteiger partial charge in [0, 0.05) is 5.56 Å². The molecular formula is C26H27FN4O5. The van der Waals surface area contributed by atoms with E-state index in [0.717, 1.165) is 5.56 Å². The molecule has 1 unspecified atom stereocenters. The van der Waals surface area contributed by atoms with E-state index in [1.807, 2.05) is 0 Å². The molecule has 9 nitrogen and oxygen atoms in total. The van der Waals surface area contributed by atoms with E-state index < -0.39 is 36.0 Å². The number of aromatic nitrogens is 1. The summed E-state index contributed by atoms with van der Waals surface area (Å²) in [4.78, 5) is 40.7. The van der Waals surface area contributed by atoms with Crippen LogP contribution in [0.1, 0.15) is 27.2 Å². The van der Waals surface area contributed by atoms with Crippen LogP contribution in [0.3, 0.4) is 0 Å². The molecule has 1 atom stereocenters. The van der Waals surface area contributed by atoms with Crippen LogP contribution < -0.4 is 21.1 Å². The average molecular weight is 495 g/mol. The highest BCUT2D eigenvalue weighted by Crippen LogP contribution is 2.26. The van der Waals surface area contributed by atoms with Crippen molar-refractivity contribution >= 4 is 23.7 Å². The highest BCUT2D eigenvalue weighted by Gasteiger charge is 2.26. The molecule has 0 aliphatic rings. The van der Waals surface area contributed by atoms with Crippen LogP contribution >= 0.6 is 0 Å². The third-order valence-electron chi connectivity index (χ3n) is 4.61. The monoisotopic (exact) mass is 494 g/mol. The molecule has 1 heterocycles. The maximum absolute atomic E-state index is 13.1. The normalized spacial score (nSPS) is 11.8. The summed E-state index contributed by atoms with van der Waals surface area (Å²) in [5.74, 6) is -0.528. The summed E-state index contributed by atoms with van der Waals surface area (Å²) in [5, 5.41) is 4.95. The van der Waals surface area contributed by atoms with Gasteiger partial charge in [0.05, 0.1) is 12.1 Å². The van der Waals surface area contributed by atoms with E-state index in [-0.39, 0.29) is 11.6 Å². The van der Waals surface area contributed by atoms with E-state index in [0.29, 0.717) is 17.2 Å². The minimum atomic E-state index is -1.24. The van der Waals surface area contributed by atoms with Crippen LogP contribution in [0, 0.1) is 5.82 Å². The van der Waals surface area contributed by atoms with E-state index in [4.69, 9.17) is 15.2 Å². The van der Waals surface area contributed by atoms with Crippen molar-refractivity contribution in [3.05, 3.63) is 72.5 Å². The fourth-order valence-electron chi connectivity index (χ4n) is 3.07. The number of primary amides is 1. The summed E-state index contributed by atoms with van der Waals surface area (Å²) < 4.78 is 23.9. The number of hydrogen-bond acceptors (Lipinski definition) is 6. The molecule has 3 amide bonds. The Morgan fingerprint density at radius 2 is 1.58 bits per heavy atom. The van der Waals surface area contributed by atoms with Crippen LogP contribution in [0.2, 0.25) is 0 Å². The van der Waals surface area contributed by atoms with Gasteiger partial charge in [0.1, 0.15) is 34.8 Å². The number of anilines is 1. The van der Waals surface area contributed by atoms with Gasteiger partial charge in [-0.3, -0.25) is 9.59 Å². The van der Waals surface area contributed by atoms with Gasteiger partial charge in [0.25, 0.3) is 0 Å². The van der Waals surface area contributed by atoms with E-state index in [1.165, 1.54) is 24.3 Å². The fourth-order valence-corrected chi connectivity index (χ4v) is 3.07. The minimum Gasteiger partial charge on any atom is -0.457 e. The molecule has 3 aromatic rings. The van der Waals surface area contributed by atoms with Crippen molar-refractivity contribution in [2.45, 2.75) is 38.8 Å². The van der Waals surface area contributed by atoms with E-state index >= 15 is 0 Å². The molecule has 0 spiro atoms. The number of nitrogens with one attached hydrogen (secondary N) is 2. The zero-order chi connectivity index (χ0) is 26.3. The standard InChI is InChI=1S/C26H27FN4O5/c1-26(2,3)36-25(34)30-21(15-22(28)32)24(33)31-23-6-4-5-20(29-23)16-7-11-18(12-8-16)35-19-13-9-17(27)10-14-19/h4-14,21H,15H2,1-3H3,(H2,28,32)(H,30,34)(H,29,31,33). The molecule has 3 rings (SSSR count). The number of ether oxygens (including phenoxy) is 2. The highest BCUT2D eigenvalue weighted by atomic mass is 19.1. The van der Waals surface area contributed by atoms with Crippen molar-refractivity contribution in [1.82, 2.24) is 10.3 Å². The van der Waals surface area contributed by atoms with E-state index in [1.54, 1.807) is 63.2 Å². The molecule has 0 saturated heterocycles. The molecule has 0 radical (unpaired) electrons. The SMILES string of the molecule is CC(C)(C)OC(=O)NC(CC(N)=O)C(=O)Nc1cccc(-c2ccc(Oc3ccc(F)cc3)cc2)n1. The Hall–Kier alpha value is -4.47. The molecular weight excluding hydrogens is 467 g/mol. The zero-order valence-electron chi connectivity index (χ0n) is 20.1. The van der Waals surface area contributed by atoms with Crippen molar-refractivity contribution in [2.75, 3.05) is 5.32 Å². The molecule has 0 saturated carbocycles. The Bertz CT molecular complexity index is 1220. The smallest absolute Gasteiger partial charge is 0.408 e. The molecule has 4 N–H and O–H groups in total. The lowest BCUT2D eigenvalue weighted by Crippen LogP contribution is -2.47. The number of halogens is 1. The third-order valence-corrected chi connectivity index (χ3v) is 4.61. The van der Waals surface area contributed by atoms with E-state index in [9.17, 15) is 18.8 Å². The van der Waals surface area contributed by atoms with Crippen LogP contribution in [-0.4, -0.2) is 34.5 Å². The number of pyridine rings is 1. The average Bonchev–Trinajstić information content (AvgIpc) is 2.79. The number of nitrogens with zero attached hydrogens (tertiary/aromatic N) is 1. The first-order chi connectivity index (χ1) is 17.0. The Morgan fingerprint density at radius 3 is 2.17 bits per heavy atom. The molecule has 10 heteroatoms. The largest absolute Gasteiger partial charge is 0.457 e. The van der Waals surface area contributed by atoms with Gasteiger partial charge in [0.2, 0.25) is 11.8 Å². The van der Waals surface area contributed by atoms with Crippen molar-refractivity contribution in [3.63, 3.8) is 0 Å². The molecule has 0 fully saturated rings. The highest BCUT2D eigenvalue weighted by molar-refractivity contribution is 5.98. The van der Waals surface area contributed by atoms with Crippen LogP contribution in [-0.2, 0) is 14.3 Å². The van der Waals surface area contributed by atoms with Gasteiger partial charge in [-0.05, 0) is 81.4 Å². The van der Waals surface area contributed by atoms with Gasteiger partial charge in [-0.15, -0.1) is 0 Å².